The molecule has 0 aliphatic heterocycles. The van der Waals surface area contributed by atoms with Gasteiger partial charge >= 0.3 is 0 Å². The van der Waals surface area contributed by atoms with Gasteiger partial charge in [-0.2, -0.15) is 5.26 Å². The lowest BCUT2D eigenvalue weighted by atomic mass is 9.55. The first-order valence-corrected chi connectivity index (χ1v) is 7.67. The maximum absolute atomic E-state index is 9.10. The molecular formula is C16H25N. The van der Waals surface area contributed by atoms with Gasteiger partial charge in [-0.1, -0.05) is 13.3 Å². The van der Waals surface area contributed by atoms with Crippen molar-refractivity contribution in [2.45, 2.75) is 58.3 Å². The molecule has 0 N–H and O–H groups in total. The molecule has 3 fully saturated rings. The van der Waals surface area contributed by atoms with Gasteiger partial charge in [0.15, 0.2) is 0 Å². The van der Waals surface area contributed by atoms with E-state index in [1.54, 1.807) is 0 Å². The highest BCUT2D eigenvalue weighted by Crippen LogP contribution is 2.53. The van der Waals surface area contributed by atoms with Gasteiger partial charge in [0.2, 0.25) is 0 Å². The second kappa shape index (κ2) is 4.63. The van der Waals surface area contributed by atoms with Crippen LogP contribution in [0.25, 0.3) is 0 Å². The topological polar surface area (TPSA) is 23.8 Å². The Balaban J connectivity index is 1.70. The molecule has 3 rings (SSSR count). The molecule has 0 radical (unpaired) electrons. The van der Waals surface area contributed by atoms with Crippen molar-refractivity contribution in [1.82, 2.24) is 0 Å². The van der Waals surface area contributed by atoms with Gasteiger partial charge in [0.25, 0.3) is 0 Å². The summed E-state index contributed by atoms with van der Waals surface area (Å²) >= 11 is 0. The molecule has 6 atom stereocenters. The summed E-state index contributed by atoms with van der Waals surface area (Å²) in [4.78, 5) is 0. The van der Waals surface area contributed by atoms with Crippen LogP contribution < -0.4 is 0 Å². The fourth-order valence-corrected chi connectivity index (χ4v) is 5.15. The van der Waals surface area contributed by atoms with Crippen LogP contribution in [0.15, 0.2) is 0 Å². The van der Waals surface area contributed by atoms with Gasteiger partial charge in [0.05, 0.1) is 6.07 Å². The van der Waals surface area contributed by atoms with Crippen LogP contribution in [0.5, 0.6) is 0 Å². The molecule has 0 spiro atoms. The fraction of sp³-hybridized carbons (Fsp3) is 0.938. The lowest BCUT2D eigenvalue weighted by Gasteiger charge is -2.49. The summed E-state index contributed by atoms with van der Waals surface area (Å²) in [7, 11) is 0. The molecule has 17 heavy (non-hydrogen) atoms. The Kier molecular flexibility index (Phi) is 3.16. The van der Waals surface area contributed by atoms with Crippen molar-refractivity contribution in [1.29, 1.82) is 5.26 Å². The van der Waals surface area contributed by atoms with E-state index in [0.29, 0.717) is 5.92 Å². The van der Waals surface area contributed by atoms with Gasteiger partial charge in [-0.3, -0.25) is 0 Å². The third kappa shape index (κ3) is 2.12. The molecule has 6 unspecified atom stereocenters. The van der Waals surface area contributed by atoms with E-state index < -0.39 is 0 Å². The number of nitrogens with zero attached hydrogens (tertiary/aromatic N) is 1. The molecule has 0 amide bonds. The molecule has 1 nitrogen and oxygen atoms in total. The van der Waals surface area contributed by atoms with Gasteiger partial charge in [0.1, 0.15) is 0 Å². The van der Waals surface area contributed by atoms with E-state index in [1.807, 2.05) is 0 Å². The molecule has 0 saturated heterocycles. The quantitative estimate of drug-likeness (QED) is 0.606. The average molecular weight is 231 g/mol. The largest absolute Gasteiger partial charge is 0.198 e. The Labute approximate surface area is 106 Å². The second-order valence-electron chi connectivity index (χ2n) is 6.98. The minimum Gasteiger partial charge on any atom is -0.198 e. The SMILES string of the molecule is CC1CCC2C(CCC3CC(C#N)CCC32)C1. The minimum atomic E-state index is 0.385. The van der Waals surface area contributed by atoms with Gasteiger partial charge in [-0.15, -0.1) is 0 Å². The highest BCUT2D eigenvalue weighted by atomic mass is 14.5. The van der Waals surface area contributed by atoms with E-state index in [-0.39, 0.29) is 0 Å². The van der Waals surface area contributed by atoms with Crippen molar-refractivity contribution in [3.63, 3.8) is 0 Å². The highest BCUT2D eigenvalue weighted by Gasteiger charge is 2.43. The van der Waals surface area contributed by atoms with Crippen LogP contribution in [0.3, 0.4) is 0 Å². The van der Waals surface area contributed by atoms with E-state index in [9.17, 15) is 0 Å². The summed E-state index contributed by atoms with van der Waals surface area (Å²) in [5.74, 6) is 5.33. The van der Waals surface area contributed by atoms with Gasteiger partial charge in [-0.05, 0) is 74.5 Å². The van der Waals surface area contributed by atoms with Crippen LogP contribution in [-0.4, -0.2) is 0 Å². The third-order valence-corrected chi connectivity index (χ3v) is 5.99. The number of fused-ring (bicyclic) bond motifs is 3. The predicted octanol–water partition coefficient (Wildman–Crippen LogP) is 4.39. The van der Waals surface area contributed by atoms with E-state index in [0.717, 1.165) is 29.6 Å². The zero-order chi connectivity index (χ0) is 11.8. The van der Waals surface area contributed by atoms with Gasteiger partial charge in [0, 0.05) is 5.92 Å². The van der Waals surface area contributed by atoms with Crippen molar-refractivity contribution < 1.29 is 0 Å². The summed E-state index contributed by atoms with van der Waals surface area (Å²) in [6.45, 7) is 2.44. The Morgan fingerprint density at radius 2 is 1.47 bits per heavy atom. The number of rotatable bonds is 0. The second-order valence-corrected chi connectivity index (χ2v) is 6.98. The van der Waals surface area contributed by atoms with E-state index >= 15 is 0 Å². The average Bonchev–Trinajstić information content (AvgIpc) is 2.37. The lowest BCUT2D eigenvalue weighted by Crippen LogP contribution is -2.41. The van der Waals surface area contributed by atoms with Crippen LogP contribution in [0, 0.1) is 46.8 Å². The van der Waals surface area contributed by atoms with Gasteiger partial charge in [-0.25, -0.2) is 0 Å². The van der Waals surface area contributed by atoms with Crippen LogP contribution in [-0.2, 0) is 0 Å². The Hall–Kier alpha value is -0.510. The summed E-state index contributed by atoms with van der Waals surface area (Å²) in [5.41, 5.74) is 0. The van der Waals surface area contributed by atoms with Crippen LogP contribution >= 0.6 is 0 Å². The summed E-state index contributed by atoms with van der Waals surface area (Å²) in [5, 5.41) is 9.10. The zero-order valence-corrected chi connectivity index (χ0v) is 11.1. The smallest absolute Gasteiger partial charge is 0.0655 e. The van der Waals surface area contributed by atoms with Crippen molar-refractivity contribution >= 4 is 0 Å². The summed E-state index contributed by atoms with van der Waals surface area (Å²) < 4.78 is 0. The Morgan fingerprint density at radius 3 is 2.18 bits per heavy atom. The maximum Gasteiger partial charge on any atom is 0.0655 e. The summed E-state index contributed by atoms with van der Waals surface area (Å²) in [6, 6.07) is 2.52. The van der Waals surface area contributed by atoms with Crippen LogP contribution in [0.4, 0.5) is 0 Å². The number of nitriles is 1. The molecular weight excluding hydrogens is 206 g/mol. The Bertz CT molecular complexity index is 316. The molecule has 0 heterocycles. The molecule has 3 saturated carbocycles. The van der Waals surface area contributed by atoms with E-state index in [2.05, 4.69) is 13.0 Å². The first kappa shape index (κ1) is 11.6. The van der Waals surface area contributed by atoms with Crippen molar-refractivity contribution in [3.8, 4) is 6.07 Å². The van der Waals surface area contributed by atoms with Crippen molar-refractivity contribution in [2.75, 3.05) is 0 Å². The summed E-state index contributed by atoms with van der Waals surface area (Å²) in [6.07, 6.45) is 11.1. The van der Waals surface area contributed by atoms with Crippen molar-refractivity contribution in [3.05, 3.63) is 0 Å². The molecule has 0 aromatic rings. The first-order chi connectivity index (χ1) is 8.28. The monoisotopic (exact) mass is 231 g/mol. The van der Waals surface area contributed by atoms with Gasteiger partial charge < -0.3 is 0 Å². The van der Waals surface area contributed by atoms with E-state index in [1.165, 1.54) is 51.4 Å². The standard InChI is InChI=1S/C16H25N/c1-11-2-6-15-13(8-11)4-5-14-9-12(10-17)3-7-16(14)15/h11-16H,2-9H2,1H3. The normalized spacial score (nSPS) is 49.9. The molecule has 3 aliphatic rings. The fourth-order valence-electron chi connectivity index (χ4n) is 5.15. The molecule has 1 heteroatoms. The van der Waals surface area contributed by atoms with Crippen LogP contribution in [0.2, 0.25) is 0 Å². The van der Waals surface area contributed by atoms with Crippen LogP contribution in [0.1, 0.15) is 58.3 Å². The third-order valence-electron chi connectivity index (χ3n) is 5.99. The first-order valence-electron chi connectivity index (χ1n) is 7.67. The maximum atomic E-state index is 9.10. The van der Waals surface area contributed by atoms with E-state index in [4.69, 9.17) is 5.26 Å². The highest BCUT2D eigenvalue weighted by molar-refractivity contribution is 4.97. The molecule has 94 valence electrons. The molecule has 0 aromatic carbocycles. The Morgan fingerprint density at radius 1 is 0.824 bits per heavy atom. The number of hydrogen-bond acceptors (Lipinski definition) is 1. The van der Waals surface area contributed by atoms with Crippen molar-refractivity contribution in [2.24, 2.45) is 35.5 Å². The zero-order valence-electron chi connectivity index (χ0n) is 11.1. The molecule has 0 bridgehead atoms. The predicted molar refractivity (Wildman–Crippen MR) is 69.2 cm³/mol. The molecule has 0 aromatic heterocycles. The lowest BCUT2D eigenvalue weighted by molar-refractivity contribution is 0.00672. The minimum absolute atomic E-state index is 0.385. The number of hydrogen-bond donors (Lipinski definition) is 0. The molecule has 3 aliphatic carbocycles.